The summed E-state index contributed by atoms with van der Waals surface area (Å²) < 4.78 is 31.5. The summed E-state index contributed by atoms with van der Waals surface area (Å²) in [5.41, 5.74) is 1.02. The van der Waals surface area contributed by atoms with Crippen LogP contribution in [0.25, 0.3) is 0 Å². The Hall–Kier alpha value is -1.61. The molecule has 3 nitrogen and oxygen atoms in total. The predicted molar refractivity (Wildman–Crippen MR) is 121 cm³/mol. The summed E-state index contributed by atoms with van der Waals surface area (Å²) in [6.45, 7) is 18.6. The second-order valence-electron chi connectivity index (χ2n) is 8.56. The average Bonchev–Trinajstić information content (AvgIpc) is 2.59. The molecule has 0 saturated heterocycles. The summed E-state index contributed by atoms with van der Waals surface area (Å²) in [7, 11) is -5.77. The first-order valence-electron chi connectivity index (χ1n) is 9.67. The van der Waals surface area contributed by atoms with Crippen LogP contribution < -0.4 is 0 Å². The first-order chi connectivity index (χ1) is 12.9. The SMILES string of the molecule is C=CCCCC(=C)CC(C#CS(=O)(=O)c1ccccc1)O[Si](C)(C)C(C)(C)C. The van der Waals surface area contributed by atoms with E-state index in [1.165, 1.54) is 0 Å². The van der Waals surface area contributed by atoms with Crippen molar-refractivity contribution in [3.8, 4) is 11.2 Å². The van der Waals surface area contributed by atoms with E-state index >= 15 is 0 Å². The van der Waals surface area contributed by atoms with Gasteiger partial charge < -0.3 is 4.43 Å². The van der Waals surface area contributed by atoms with Gasteiger partial charge in [0, 0.05) is 11.7 Å². The van der Waals surface area contributed by atoms with Crippen molar-refractivity contribution in [2.24, 2.45) is 0 Å². The van der Waals surface area contributed by atoms with Gasteiger partial charge in [0.1, 0.15) is 6.10 Å². The molecule has 0 spiro atoms. The summed E-state index contributed by atoms with van der Waals surface area (Å²) in [6, 6.07) is 8.28. The lowest BCUT2D eigenvalue weighted by Gasteiger charge is -2.38. The van der Waals surface area contributed by atoms with E-state index < -0.39 is 24.3 Å². The van der Waals surface area contributed by atoms with Crippen molar-refractivity contribution >= 4 is 18.2 Å². The lowest BCUT2D eigenvalue weighted by atomic mass is 10.0. The maximum Gasteiger partial charge on any atom is 0.245 e. The van der Waals surface area contributed by atoms with Gasteiger partial charge in [-0.15, -0.1) is 6.58 Å². The molecule has 1 aromatic carbocycles. The van der Waals surface area contributed by atoms with Gasteiger partial charge in [0.15, 0.2) is 8.32 Å². The minimum atomic E-state index is -3.67. The Labute approximate surface area is 172 Å². The van der Waals surface area contributed by atoms with Crippen molar-refractivity contribution in [3.05, 3.63) is 55.1 Å². The van der Waals surface area contributed by atoms with Crippen LogP contribution in [0.3, 0.4) is 0 Å². The summed E-state index contributed by atoms with van der Waals surface area (Å²) in [6.07, 6.45) is 4.72. The summed E-state index contributed by atoms with van der Waals surface area (Å²) in [4.78, 5) is 0.207. The van der Waals surface area contributed by atoms with Gasteiger partial charge in [-0.1, -0.05) is 63.1 Å². The zero-order valence-electron chi connectivity index (χ0n) is 17.9. The zero-order chi connectivity index (χ0) is 21.4. The number of unbranched alkanes of at least 4 members (excludes halogenated alkanes) is 1. The Balaban J connectivity index is 3.08. The minimum absolute atomic E-state index is 0.00933. The molecule has 1 aromatic rings. The lowest BCUT2D eigenvalue weighted by molar-refractivity contribution is 0.232. The predicted octanol–water partition coefficient (Wildman–Crippen LogP) is 6.11. The van der Waals surface area contributed by atoms with Crippen molar-refractivity contribution in [2.75, 3.05) is 0 Å². The standard InChI is InChI=1S/C23H34O3SSi/c1-8-9-11-14-20(2)19-21(26-28(6,7)23(3,4)5)17-18-27(24,25)22-15-12-10-13-16-22/h8,10,12-13,15-16,21H,1-2,9,11,14,19H2,3-7H3. The van der Waals surface area contributed by atoms with E-state index in [0.717, 1.165) is 24.8 Å². The van der Waals surface area contributed by atoms with Gasteiger partial charge in [-0.25, -0.2) is 8.42 Å². The minimum Gasteiger partial charge on any atom is -0.403 e. The third-order valence-corrected chi connectivity index (χ3v) is 10.8. The molecule has 0 radical (unpaired) electrons. The molecule has 1 rings (SSSR count). The fourth-order valence-electron chi connectivity index (χ4n) is 2.32. The number of allylic oxidation sites excluding steroid dienone is 1. The fraction of sp³-hybridized carbons (Fsp3) is 0.478. The van der Waals surface area contributed by atoms with E-state index in [4.69, 9.17) is 4.43 Å². The number of sulfone groups is 1. The summed E-state index contributed by atoms with van der Waals surface area (Å²) in [5, 5.41) is 2.49. The quantitative estimate of drug-likeness (QED) is 0.160. The maximum absolute atomic E-state index is 12.5. The van der Waals surface area contributed by atoms with Gasteiger partial charge in [0.05, 0.1) is 4.90 Å². The van der Waals surface area contributed by atoms with Crippen LogP contribution in [0.1, 0.15) is 46.5 Å². The molecule has 154 valence electrons. The molecule has 1 atom stereocenters. The van der Waals surface area contributed by atoms with Crippen LogP contribution >= 0.6 is 0 Å². The molecule has 0 heterocycles. The van der Waals surface area contributed by atoms with E-state index in [0.29, 0.717) is 6.42 Å². The van der Waals surface area contributed by atoms with Crippen molar-refractivity contribution in [2.45, 2.75) is 75.6 Å². The van der Waals surface area contributed by atoms with Crippen LogP contribution in [0.2, 0.25) is 18.1 Å². The lowest BCUT2D eigenvalue weighted by Crippen LogP contribution is -2.43. The van der Waals surface area contributed by atoms with E-state index in [9.17, 15) is 8.42 Å². The van der Waals surface area contributed by atoms with Gasteiger partial charge in [-0.2, -0.15) is 0 Å². The van der Waals surface area contributed by atoms with Gasteiger partial charge in [0.2, 0.25) is 9.84 Å². The normalized spacial score (nSPS) is 13.3. The van der Waals surface area contributed by atoms with E-state index in [1.54, 1.807) is 30.3 Å². The topological polar surface area (TPSA) is 43.4 Å². The third kappa shape index (κ3) is 7.79. The second kappa shape index (κ2) is 10.2. The van der Waals surface area contributed by atoms with Gasteiger partial charge in [-0.05, 0) is 49.5 Å². The van der Waals surface area contributed by atoms with Crippen molar-refractivity contribution in [1.29, 1.82) is 0 Å². The maximum atomic E-state index is 12.5. The third-order valence-electron chi connectivity index (χ3n) is 5.06. The van der Waals surface area contributed by atoms with Crippen LogP contribution in [0, 0.1) is 11.2 Å². The highest BCUT2D eigenvalue weighted by atomic mass is 32.2. The molecular formula is C23H34O3SSi. The van der Waals surface area contributed by atoms with Gasteiger partial charge in [-0.3, -0.25) is 0 Å². The second-order valence-corrected chi connectivity index (χ2v) is 15.0. The Morgan fingerprint density at radius 1 is 1.25 bits per heavy atom. The molecular weight excluding hydrogens is 384 g/mol. The van der Waals surface area contributed by atoms with Crippen molar-refractivity contribution in [3.63, 3.8) is 0 Å². The molecule has 0 aliphatic rings. The number of benzene rings is 1. The highest BCUT2D eigenvalue weighted by Crippen LogP contribution is 2.38. The van der Waals surface area contributed by atoms with E-state index in [-0.39, 0.29) is 9.93 Å². The van der Waals surface area contributed by atoms with Crippen LogP contribution in [0.15, 0.2) is 60.0 Å². The van der Waals surface area contributed by atoms with Crippen LogP contribution in [-0.2, 0) is 14.3 Å². The molecule has 1 unspecified atom stereocenters. The van der Waals surface area contributed by atoms with Crippen LogP contribution in [-0.4, -0.2) is 22.8 Å². The Morgan fingerprint density at radius 2 is 1.86 bits per heavy atom. The molecule has 28 heavy (non-hydrogen) atoms. The molecule has 5 heteroatoms. The molecule has 0 amide bonds. The summed E-state index contributed by atoms with van der Waals surface area (Å²) in [5.74, 6) is 2.90. The smallest absolute Gasteiger partial charge is 0.245 e. The van der Waals surface area contributed by atoms with Crippen molar-refractivity contribution in [1.82, 2.24) is 0 Å². The Bertz CT molecular complexity index is 822. The number of hydrogen-bond acceptors (Lipinski definition) is 3. The van der Waals surface area contributed by atoms with Crippen LogP contribution in [0.5, 0.6) is 0 Å². The van der Waals surface area contributed by atoms with Crippen LogP contribution in [0.4, 0.5) is 0 Å². The molecule has 0 aliphatic carbocycles. The average molecular weight is 419 g/mol. The molecule has 0 bridgehead atoms. The first-order valence-corrected chi connectivity index (χ1v) is 14.1. The summed E-state index contributed by atoms with van der Waals surface area (Å²) >= 11 is 0. The number of hydrogen-bond donors (Lipinski definition) is 0. The first kappa shape index (κ1) is 24.4. The largest absolute Gasteiger partial charge is 0.403 e. The van der Waals surface area contributed by atoms with Gasteiger partial charge in [0.25, 0.3) is 0 Å². The molecule has 0 aliphatic heterocycles. The highest BCUT2D eigenvalue weighted by Gasteiger charge is 2.39. The molecule has 0 saturated carbocycles. The van der Waals surface area contributed by atoms with E-state index in [1.807, 2.05) is 6.08 Å². The van der Waals surface area contributed by atoms with E-state index in [2.05, 4.69) is 58.2 Å². The monoisotopic (exact) mass is 418 g/mol. The molecule has 0 N–H and O–H groups in total. The van der Waals surface area contributed by atoms with Gasteiger partial charge >= 0.3 is 0 Å². The molecule has 0 aromatic heterocycles. The number of rotatable bonds is 9. The highest BCUT2D eigenvalue weighted by molar-refractivity contribution is 7.96. The molecule has 0 fully saturated rings. The zero-order valence-corrected chi connectivity index (χ0v) is 19.7. The Kier molecular flexibility index (Phi) is 8.94. The van der Waals surface area contributed by atoms with Crippen molar-refractivity contribution < 1.29 is 12.8 Å². The Morgan fingerprint density at radius 3 is 2.39 bits per heavy atom. The fourth-order valence-corrected chi connectivity index (χ4v) is 4.44.